The SMILES string of the molecule is CC12CC=CC(O)N1C(=O)c1ccccc12. The minimum absolute atomic E-state index is 0.0741. The van der Waals surface area contributed by atoms with E-state index in [1.807, 2.05) is 37.3 Å². The minimum Gasteiger partial charge on any atom is -0.370 e. The van der Waals surface area contributed by atoms with Crippen molar-refractivity contribution in [2.24, 2.45) is 0 Å². The molecule has 1 aromatic carbocycles. The lowest BCUT2D eigenvalue weighted by Crippen LogP contribution is -2.49. The van der Waals surface area contributed by atoms with Gasteiger partial charge in [-0.3, -0.25) is 9.69 Å². The van der Waals surface area contributed by atoms with Crippen molar-refractivity contribution >= 4 is 5.91 Å². The van der Waals surface area contributed by atoms with Gasteiger partial charge in [-0.1, -0.05) is 24.3 Å². The molecule has 0 spiro atoms. The molecule has 2 heterocycles. The Morgan fingerprint density at radius 2 is 2.19 bits per heavy atom. The second kappa shape index (κ2) is 2.95. The van der Waals surface area contributed by atoms with Crippen LogP contribution >= 0.6 is 0 Å². The molecule has 2 atom stereocenters. The molecule has 0 aromatic heterocycles. The van der Waals surface area contributed by atoms with E-state index in [0.717, 1.165) is 12.0 Å². The third-order valence-corrected chi connectivity index (χ3v) is 3.58. The largest absolute Gasteiger partial charge is 0.370 e. The van der Waals surface area contributed by atoms with Gasteiger partial charge in [-0.15, -0.1) is 0 Å². The maximum Gasteiger partial charge on any atom is 0.257 e. The van der Waals surface area contributed by atoms with Gasteiger partial charge in [0.2, 0.25) is 0 Å². The molecule has 3 heteroatoms. The Kier molecular flexibility index (Phi) is 1.77. The van der Waals surface area contributed by atoms with Crippen molar-refractivity contribution in [1.82, 2.24) is 4.90 Å². The van der Waals surface area contributed by atoms with Crippen LogP contribution in [-0.2, 0) is 5.54 Å². The van der Waals surface area contributed by atoms with Crippen LogP contribution in [0.2, 0.25) is 0 Å². The summed E-state index contributed by atoms with van der Waals surface area (Å²) in [5.74, 6) is -0.0741. The molecule has 0 saturated heterocycles. The summed E-state index contributed by atoms with van der Waals surface area (Å²) in [5, 5.41) is 9.91. The number of benzene rings is 1. The fourth-order valence-electron chi connectivity index (χ4n) is 2.75. The van der Waals surface area contributed by atoms with E-state index < -0.39 is 6.23 Å². The Balaban J connectivity index is 2.24. The van der Waals surface area contributed by atoms with Crippen LogP contribution in [0.3, 0.4) is 0 Å². The van der Waals surface area contributed by atoms with E-state index in [9.17, 15) is 9.90 Å². The molecule has 2 aliphatic heterocycles. The average molecular weight is 215 g/mol. The number of fused-ring (bicyclic) bond motifs is 3. The Morgan fingerprint density at radius 3 is 3.00 bits per heavy atom. The van der Waals surface area contributed by atoms with Crippen LogP contribution in [0.5, 0.6) is 0 Å². The standard InChI is InChI=1S/C13H13NO2/c1-13-8-4-7-11(15)14(13)12(16)9-5-2-3-6-10(9)13/h2-7,11,15H,8H2,1H3. The lowest BCUT2D eigenvalue weighted by molar-refractivity contribution is -0.0175. The number of carbonyl (C=O) groups is 1. The maximum atomic E-state index is 12.2. The molecule has 1 N–H and O–H groups in total. The van der Waals surface area contributed by atoms with Gasteiger partial charge in [-0.05, 0) is 31.1 Å². The van der Waals surface area contributed by atoms with E-state index in [1.165, 1.54) is 0 Å². The Morgan fingerprint density at radius 1 is 1.44 bits per heavy atom. The second-order valence-corrected chi connectivity index (χ2v) is 4.54. The Hall–Kier alpha value is -1.61. The molecule has 0 fully saturated rings. The van der Waals surface area contributed by atoms with E-state index in [2.05, 4.69) is 0 Å². The molecule has 16 heavy (non-hydrogen) atoms. The lowest BCUT2D eigenvalue weighted by atomic mass is 9.86. The smallest absolute Gasteiger partial charge is 0.257 e. The third-order valence-electron chi connectivity index (χ3n) is 3.58. The predicted octanol–water partition coefficient (Wildman–Crippen LogP) is 1.64. The summed E-state index contributed by atoms with van der Waals surface area (Å²) in [6.07, 6.45) is 3.56. The van der Waals surface area contributed by atoms with Gasteiger partial charge < -0.3 is 5.11 Å². The summed E-state index contributed by atoms with van der Waals surface area (Å²) in [6, 6.07) is 7.59. The molecular formula is C13H13NO2. The van der Waals surface area contributed by atoms with E-state index in [0.29, 0.717) is 5.56 Å². The van der Waals surface area contributed by atoms with Crippen molar-refractivity contribution in [3.8, 4) is 0 Å². The number of nitrogens with zero attached hydrogens (tertiary/aromatic N) is 1. The third kappa shape index (κ3) is 0.985. The van der Waals surface area contributed by atoms with Crippen molar-refractivity contribution in [2.45, 2.75) is 25.1 Å². The van der Waals surface area contributed by atoms with Gasteiger partial charge in [0.25, 0.3) is 5.91 Å². The summed E-state index contributed by atoms with van der Waals surface area (Å²) in [7, 11) is 0. The molecule has 2 aliphatic rings. The van der Waals surface area contributed by atoms with Crippen molar-refractivity contribution in [3.63, 3.8) is 0 Å². The van der Waals surface area contributed by atoms with Crippen LogP contribution in [0, 0.1) is 0 Å². The van der Waals surface area contributed by atoms with Crippen LogP contribution in [0.15, 0.2) is 36.4 Å². The molecule has 3 nitrogen and oxygen atoms in total. The summed E-state index contributed by atoms with van der Waals surface area (Å²) < 4.78 is 0. The van der Waals surface area contributed by atoms with Gasteiger partial charge >= 0.3 is 0 Å². The van der Waals surface area contributed by atoms with Crippen molar-refractivity contribution in [1.29, 1.82) is 0 Å². The van der Waals surface area contributed by atoms with E-state index in [4.69, 9.17) is 0 Å². The molecule has 82 valence electrons. The first-order valence-corrected chi connectivity index (χ1v) is 5.42. The van der Waals surface area contributed by atoms with Crippen LogP contribution in [-0.4, -0.2) is 22.1 Å². The van der Waals surface area contributed by atoms with Crippen molar-refractivity contribution < 1.29 is 9.90 Å². The van der Waals surface area contributed by atoms with Gasteiger partial charge in [-0.2, -0.15) is 0 Å². The monoisotopic (exact) mass is 215 g/mol. The maximum absolute atomic E-state index is 12.2. The zero-order valence-corrected chi connectivity index (χ0v) is 9.05. The first-order chi connectivity index (χ1) is 7.64. The number of aliphatic hydroxyl groups excluding tert-OH is 1. The highest BCUT2D eigenvalue weighted by atomic mass is 16.3. The fraction of sp³-hybridized carbons (Fsp3) is 0.308. The fourth-order valence-corrected chi connectivity index (χ4v) is 2.75. The highest BCUT2D eigenvalue weighted by Gasteiger charge is 2.48. The minimum atomic E-state index is -0.807. The highest BCUT2D eigenvalue weighted by Crippen LogP contribution is 2.44. The number of aliphatic hydroxyl groups is 1. The number of hydrogen-bond acceptors (Lipinski definition) is 2. The number of amides is 1. The summed E-state index contributed by atoms with van der Waals surface area (Å²) in [4.78, 5) is 13.7. The van der Waals surface area contributed by atoms with Gasteiger partial charge in [-0.25, -0.2) is 0 Å². The van der Waals surface area contributed by atoms with E-state index in [1.54, 1.807) is 11.0 Å². The zero-order chi connectivity index (χ0) is 11.3. The summed E-state index contributed by atoms with van der Waals surface area (Å²) in [6.45, 7) is 2.00. The first kappa shape index (κ1) is 9.60. The van der Waals surface area contributed by atoms with Gasteiger partial charge in [0.15, 0.2) is 0 Å². The summed E-state index contributed by atoms with van der Waals surface area (Å²) in [5.41, 5.74) is 1.35. The zero-order valence-electron chi connectivity index (χ0n) is 9.05. The van der Waals surface area contributed by atoms with Gasteiger partial charge in [0.1, 0.15) is 6.23 Å². The summed E-state index contributed by atoms with van der Waals surface area (Å²) >= 11 is 0. The molecule has 0 radical (unpaired) electrons. The molecule has 1 aromatic rings. The van der Waals surface area contributed by atoms with Crippen LogP contribution in [0.1, 0.15) is 29.3 Å². The molecule has 3 rings (SSSR count). The molecule has 1 amide bonds. The van der Waals surface area contributed by atoms with E-state index in [-0.39, 0.29) is 11.4 Å². The van der Waals surface area contributed by atoms with Crippen molar-refractivity contribution in [2.75, 3.05) is 0 Å². The first-order valence-electron chi connectivity index (χ1n) is 5.42. The number of hydrogen-bond donors (Lipinski definition) is 1. The van der Waals surface area contributed by atoms with Crippen LogP contribution in [0.25, 0.3) is 0 Å². The number of carbonyl (C=O) groups excluding carboxylic acids is 1. The highest BCUT2D eigenvalue weighted by molar-refractivity contribution is 6.00. The topological polar surface area (TPSA) is 40.5 Å². The number of rotatable bonds is 0. The molecular weight excluding hydrogens is 202 g/mol. The molecule has 0 aliphatic carbocycles. The van der Waals surface area contributed by atoms with Gasteiger partial charge in [0.05, 0.1) is 5.54 Å². The lowest BCUT2D eigenvalue weighted by Gasteiger charge is -2.40. The van der Waals surface area contributed by atoms with Crippen LogP contribution < -0.4 is 0 Å². The van der Waals surface area contributed by atoms with E-state index >= 15 is 0 Å². The Labute approximate surface area is 94.0 Å². The molecule has 0 saturated carbocycles. The second-order valence-electron chi connectivity index (χ2n) is 4.54. The average Bonchev–Trinajstić information content (AvgIpc) is 2.50. The predicted molar refractivity (Wildman–Crippen MR) is 59.7 cm³/mol. The Bertz CT molecular complexity index is 494. The molecule has 0 bridgehead atoms. The quantitative estimate of drug-likeness (QED) is 0.668. The normalized spacial score (nSPS) is 31.5. The molecule has 2 unspecified atom stereocenters. The van der Waals surface area contributed by atoms with Crippen LogP contribution in [0.4, 0.5) is 0 Å². The van der Waals surface area contributed by atoms with Crippen molar-refractivity contribution in [3.05, 3.63) is 47.5 Å². The van der Waals surface area contributed by atoms with Gasteiger partial charge in [0, 0.05) is 5.56 Å².